The summed E-state index contributed by atoms with van der Waals surface area (Å²) < 4.78 is 5.87. The molecule has 2 N–H and O–H groups in total. The third-order valence-corrected chi connectivity index (χ3v) is 5.14. The summed E-state index contributed by atoms with van der Waals surface area (Å²) in [5.41, 5.74) is 1.48. The molecule has 0 aromatic heterocycles. The standard InChI is InChI=1S/C18H21N3O4/c22-16-4-3-15(17(23)20-16)21-9-12-7-13(1-2-14(12)18(21)24)25-10-11-5-6-19-8-11/h1-2,7,11,15,19H,3-6,8-10H2,(H,20,22,23)/t11-,15?/m1/s1. The number of benzene rings is 1. The van der Waals surface area contributed by atoms with Crippen LogP contribution < -0.4 is 15.4 Å². The van der Waals surface area contributed by atoms with E-state index in [4.69, 9.17) is 4.74 Å². The average Bonchev–Trinajstić information content (AvgIpc) is 3.21. The topological polar surface area (TPSA) is 87.7 Å². The van der Waals surface area contributed by atoms with E-state index in [1.54, 1.807) is 11.0 Å². The second-order valence-electron chi connectivity index (χ2n) is 6.89. The Balaban J connectivity index is 1.45. The summed E-state index contributed by atoms with van der Waals surface area (Å²) in [6.45, 7) is 3.06. The number of carbonyl (C=O) groups excluding carboxylic acids is 3. The maximum atomic E-state index is 12.6. The predicted octanol–water partition coefficient (Wildman–Crippen LogP) is 0.436. The van der Waals surface area contributed by atoms with E-state index in [0.717, 1.165) is 30.8 Å². The number of carbonyl (C=O) groups is 3. The second kappa shape index (κ2) is 6.48. The maximum absolute atomic E-state index is 12.6. The highest BCUT2D eigenvalue weighted by atomic mass is 16.5. The fourth-order valence-electron chi connectivity index (χ4n) is 3.71. The molecule has 1 unspecified atom stereocenters. The van der Waals surface area contributed by atoms with Gasteiger partial charge in [0.1, 0.15) is 11.8 Å². The van der Waals surface area contributed by atoms with E-state index < -0.39 is 6.04 Å². The average molecular weight is 343 g/mol. The van der Waals surface area contributed by atoms with Crippen LogP contribution in [0.2, 0.25) is 0 Å². The van der Waals surface area contributed by atoms with Crippen LogP contribution in [0.25, 0.3) is 0 Å². The maximum Gasteiger partial charge on any atom is 0.255 e. The first-order valence-corrected chi connectivity index (χ1v) is 8.73. The number of fused-ring (bicyclic) bond motifs is 1. The molecule has 4 rings (SSSR count). The summed E-state index contributed by atoms with van der Waals surface area (Å²) in [5, 5.41) is 5.63. The molecule has 2 fully saturated rings. The van der Waals surface area contributed by atoms with Crippen molar-refractivity contribution >= 4 is 17.7 Å². The number of nitrogens with zero attached hydrogens (tertiary/aromatic N) is 1. The van der Waals surface area contributed by atoms with Crippen molar-refractivity contribution in [3.8, 4) is 5.75 Å². The van der Waals surface area contributed by atoms with Crippen LogP contribution in [0.5, 0.6) is 5.75 Å². The molecule has 2 saturated heterocycles. The number of rotatable bonds is 4. The van der Waals surface area contributed by atoms with E-state index >= 15 is 0 Å². The molecule has 1 aromatic carbocycles. The normalized spacial score (nSPS) is 25.9. The van der Waals surface area contributed by atoms with Crippen LogP contribution in [-0.4, -0.2) is 48.4 Å². The smallest absolute Gasteiger partial charge is 0.255 e. The van der Waals surface area contributed by atoms with Gasteiger partial charge in [0, 0.05) is 31.0 Å². The number of amides is 3. The summed E-state index contributed by atoms with van der Waals surface area (Å²) in [6.07, 6.45) is 1.76. The number of hydrogen-bond acceptors (Lipinski definition) is 5. The van der Waals surface area contributed by atoms with Gasteiger partial charge in [0.05, 0.1) is 6.61 Å². The van der Waals surface area contributed by atoms with Crippen LogP contribution in [-0.2, 0) is 16.1 Å². The summed E-state index contributed by atoms with van der Waals surface area (Å²) in [4.78, 5) is 37.5. The van der Waals surface area contributed by atoms with Gasteiger partial charge in [-0.05, 0) is 43.1 Å². The lowest BCUT2D eigenvalue weighted by Crippen LogP contribution is -2.52. The van der Waals surface area contributed by atoms with Crippen LogP contribution in [0.4, 0.5) is 0 Å². The Morgan fingerprint density at radius 3 is 2.84 bits per heavy atom. The number of hydrogen-bond donors (Lipinski definition) is 2. The molecule has 0 radical (unpaired) electrons. The van der Waals surface area contributed by atoms with E-state index in [1.807, 2.05) is 12.1 Å². The molecule has 3 aliphatic heterocycles. The molecular weight excluding hydrogens is 322 g/mol. The molecule has 0 spiro atoms. The van der Waals surface area contributed by atoms with Crippen LogP contribution in [0, 0.1) is 5.92 Å². The first-order valence-electron chi connectivity index (χ1n) is 8.73. The monoisotopic (exact) mass is 343 g/mol. The second-order valence-corrected chi connectivity index (χ2v) is 6.89. The van der Waals surface area contributed by atoms with Crippen molar-refractivity contribution in [3.63, 3.8) is 0 Å². The van der Waals surface area contributed by atoms with Crippen molar-refractivity contribution in [1.29, 1.82) is 0 Å². The van der Waals surface area contributed by atoms with Gasteiger partial charge in [0.15, 0.2) is 0 Å². The molecule has 0 bridgehead atoms. The van der Waals surface area contributed by atoms with Gasteiger partial charge in [-0.15, -0.1) is 0 Å². The van der Waals surface area contributed by atoms with E-state index in [9.17, 15) is 14.4 Å². The molecule has 2 atom stereocenters. The minimum Gasteiger partial charge on any atom is -0.493 e. The van der Waals surface area contributed by atoms with Crippen molar-refractivity contribution in [2.45, 2.75) is 31.8 Å². The van der Waals surface area contributed by atoms with E-state index in [1.165, 1.54) is 0 Å². The van der Waals surface area contributed by atoms with E-state index in [-0.39, 0.29) is 24.1 Å². The Bertz CT molecular complexity index is 727. The van der Waals surface area contributed by atoms with E-state index in [2.05, 4.69) is 10.6 Å². The molecule has 1 aromatic rings. The molecule has 7 heteroatoms. The fraction of sp³-hybridized carbons (Fsp3) is 0.500. The zero-order chi connectivity index (χ0) is 17.4. The van der Waals surface area contributed by atoms with Gasteiger partial charge in [-0.25, -0.2) is 0 Å². The molecule has 132 valence electrons. The Labute approximate surface area is 145 Å². The van der Waals surface area contributed by atoms with Crippen LogP contribution >= 0.6 is 0 Å². The fourth-order valence-corrected chi connectivity index (χ4v) is 3.71. The SMILES string of the molecule is O=C1CCC(N2Cc3cc(OC[C@@H]4CCNC4)ccc3C2=O)C(=O)N1. The van der Waals surface area contributed by atoms with Gasteiger partial charge in [-0.2, -0.15) is 0 Å². The molecular formula is C18H21N3O4. The molecule has 3 aliphatic rings. The zero-order valence-corrected chi connectivity index (χ0v) is 13.9. The quantitative estimate of drug-likeness (QED) is 0.775. The molecule has 3 heterocycles. The van der Waals surface area contributed by atoms with Gasteiger partial charge in [-0.3, -0.25) is 19.7 Å². The summed E-state index contributed by atoms with van der Waals surface area (Å²) >= 11 is 0. The van der Waals surface area contributed by atoms with Crippen LogP contribution in [0.1, 0.15) is 35.2 Å². The summed E-state index contributed by atoms with van der Waals surface area (Å²) in [7, 11) is 0. The van der Waals surface area contributed by atoms with Crippen LogP contribution in [0.3, 0.4) is 0 Å². The minimum absolute atomic E-state index is 0.156. The third-order valence-electron chi connectivity index (χ3n) is 5.14. The largest absolute Gasteiger partial charge is 0.493 e. The molecule has 3 amide bonds. The van der Waals surface area contributed by atoms with Crippen LogP contribution in [0.15, 0.2) is 18.2 Å². The molecule has 7 nitrogen and oxygen atoms in total. The first kappa shape index (κ1) is 16.1. The lowest BCUT2D eigenvalue weighted by Gasteiger charge is -2.29. The number of piperidine rings is 1. The number of imide groups is 1. The highest BCUT2D eigenvalue weighted by molar-refractivity contribution is 6.05. The Hall–Kier alpha value is -2.41. The van der Waals surface area contributed by atoms with E-state index in [0.29, 0.717) is 31.1 Å². The zero-order valence-electron chi connectivity index (χ0n) is 13.9. The molecule has 0 saturated carbocycles. The summed E-state index contributed by atoms with van der Waals surface area (Å²) in [5.74, 6) is 0.458. The summed E-state index contributed by atoms with van der Waals surface area (Å²) in [6, 6.07) is 4.90. The highest BCUT2D eigenvalue weighted by Gasteiger charge is 2.39. The first-order chi connectivity index (χ1) is 12.1. The van der Waals surface area contributed by atoms with Crippen molar-refractivity contribution in [1.82, 2.24) is 15.5 Å². The van der Waals surface area contributed by atoms with Crippen molar-refractivity contribution < 1.29 is 19.1 Å². The Morgan fingerprint density at radius 2 is 2.08 bits per heavy atom. The van der Waals surface area contributed by atoms with Gasteiger partial charge < -0.3 is 15.0 Å². The number of nitrogens with one attached hydrogen (secondary N) is 2. The Morgan fingerprint density at radius 1 is 1.20 bits per heavy atom. The molecule has 25 heavy (non-hydrogen) atoms. The lowest BCUT2D eigenvalue weighted by atomic mass is 10.0. The Kier molecular flexibility index (Phi) is 4.17. The van der Waals surface area contributed by atoms with Gasteiger partial charge in [-0.1, -0.05) is 0 Å². The van der Waals surface area contributed by atoms with Gasteiger partial charge in [0.2, 0.25) is 11.8 Å². The number of ether oxygens (including phenoxy) is 1. The van der Waals surface area contributed by atoms with Gasteiger partial charge in [0.25, 0.3) is 5.91 Å². The van der Waals surface area contributed by atoms with Crippen molar-refractivity contribution in [2.24, 2.45) is 5.92 Å². The lowest BCUT2D eigenvalue weighted by molar-refractivity contribution is -0.136. The molecule has 0 aliphatic carbocycles. The third kappa shape index (κ3) is 3.11. The predicted molar refractivity (Wildman–Crippen MR) is 89.0 cm³/mol. The minimum atomic E-state index is -0.577. The van der Waals surface area contributed by atoms with Crippen molar-refractivity contribution in [2.75, 3.05) is 19.7 Å². The van der Waals surface area contributed by atoms with Crippen molar-refractivity contribution in [3.05, 3.63) is 29.3 Å². The highest BCUT2D eigenvalue weighted by Crippen LogP contribution is 2.30. The van der Waals surface area contributed by atoms with Gasteiger partial charge >= 0.3 is 0 Å².